The van der Waals surface area contributed by atoms with Gasteiger partial charge in [0.05, 0.1) is 5.56 Å². The van der Waals surface area contributed by atoms with E-state index in [2.05, 4.69) is 26.3 Å². The number of amides is 1. The van der Waals surface area contributed by atoms with E-state index in [1.807, 2.05) is 32.2 Å². The zero-order valence-electron chi connectivity index (χ0n) is 10.3. The van der Waals surface area contributed by atoms with Crippen LogP contribution in [0.25, 0.3) is 0 Å². The molecular formula is C13H14BrN3O. The summed E-state index contributed by atoms with van der Waals surface area (Å²) in [5, 5.41) is 7.00. The largest absolute Gasteiger partial charge is 0.305 e. The molecule has 0 aliphatic heterocycles. The van der Waals surface area contributed by atoms with Gasteiger partial charge in [0, 0.05) is 23.3 Å². The smallest absolute Gasteiger partial charge is 0.258 e. The van der Waals surface area contributed by atoms with Gasteiger partial charge in [0.25, 0.3) is 5.91 Å². The van der Waals surface area contributed by atoms with Crippen molar-refractivity contribution in [3.63, 3.8) is 0 Å². The standard InChI is InChI=1S/C13H14BrN3O/c1-3-17-8-7-11(16-17)15-13(18)10-6-4-5-9(2)12(10)14/h4-8H,3H2,1-2H3,(H,15,16,18). The van der Waals surface area contributed by atoms with Crippen molar-refractivity contribution in [1.82, 2.24) is 9.78 Å². The Morgan fingerprint density at radius 2 is 2.22 bits per heavy atom. The minimum Gasteiger partial charge on any atom is -0.305 e. The fourth-order valence-corrected chi connectivity index (χ4v) is 2.06. The highest BCUT2D eigenvalue weighted by atomic mass is 79.9. The third kappa shape index (κ3) is 2.61. The zero-order chi connectivity index (χ0) is 13.1. The summed E-state index contributed by atoms with van der Waals surface area (Å²) in [6.07, 6.45) is 1.83. The van der Waals surface area contributed by atoms with Crippen molar-refractivity contribution in [1.29, 1.82) is 0 Å². The first kappa shape index (κ1) is 12.8. The molecule has 1 aromatic heterocycles. The zero-order valence-corrected chi connectivity index (χ0v) is 11.9. The average Bonchev–Trinajstić information content (AvgIpc) is 2.80. The molecule has 1 heterocycles. The van der Waals surface area contributed by atoms with Crippen LogP contribution in [0.3, 0.4) is 0 Å². The highest BCUT2D eigenvalue weighted by Gasteiger charge is 2.12. The number of rotatable bonds is 3. The second-order valence-corrected chi connectivity index (χ2v) is 4.74. The Labute approximate surface area is 114 Å². The van der Waals surface area contributed by atoms with Gasteiger partial charge < -0.3 is 5.32 Å². The van der Waals surface area contributed by atoms with E-state index < -0.39 is 0 Å². The maximum absolute atomic E-state index is 12.1. The van der Waals surface area contributed by atoms with E-state index in [4.69, 9.17) is 0 Å². The molecule has 2 aromatic rings. The van der Waals surface area contributed by atoms with E-state index >= 15 is 0 Å². The van der Waals surface area contributed by atoms with E-state index in [0.29, 0.717) is 11.4 Å². The monoisotopic (exact) mass is 307 g/mol. The summed E-state index contributed by atoms with van der Waals surface area (Å²) in [6, 6.07) is 7.38. The molecule has 0 fully saturated rings. The summed E-state index contributed by atoms with van der Waals surface area (Å²) in [6.45, 7) is 4.73. The van der Waals surface area contributed by atoms with Crippen LogP contribution in [-0.4, -0.2) is 15.7 Å². The molecule has 1 N–H and O–H groups in total. The number of halogens is 1. The van der Waals surface area contributed by atoms with Crippen LogP contribution in [0.2, 0.25) is 0 Å². The minimum atomic E-state index is -0.160. The SMILES string of the molecule is CCn1ccc(NC(=O)c2cccc(C)c2Br)n1. The molecule has 5 heteroatoms. The molecule has 0 spiro atoms. The van der Waals surface area contributed by atoms with Crippen LogP contribution in [0.4, 0.5) is 5.82 Å². The summed E-state index contributed by atoms with van der Waals surface area (Å²) in [5.74, 6) is 0.405. The number of hydrogen-bond acceptors (Lipinski definition) is 2. The lowest BCUT2D eigenvalue weighted by molar-refractivity contribution is 0.102. The molecule has 0 bridgehead atoms. The summed E-state index contributed by atoms with van der Waals surface area (Å²) < 4.78 is 2.58. The molecule has 2 rings (SSSR count). The van der Waals surface area contributed by atoms with E-state index in [0.717, 1.165) is 16.6 Å². The van der Waals surface area contributed by atoms with E-state index in [9.17, 15) is 4.79 Å². The number of aromatic nitrogens is 2. The summed E-state index contributed by atoms with van der Waals surface area (Å²) in [7, 11) is 0. The van der Waals surface area contributed by atoms with Crippen molar-refractivity contribution >= 4 is 27.7 Å². The van der Waals surface area contributed by atoms with E-state index in [-0.39, 0.29) is 5.91 Å². The Hall–Kier alpha value is -1.62. The van der Waals surface area contributed by atoms with Gasteiger partial charge in [-0.05, 0) is 41.4 Å². The van der Waals surface area contributed by atoms with Crippen LogP contribution < -0.4 is 5.32 Å². The molecule has 0 saturated carbocycles. The number of nitrogens with one attached hydrogen (secondary N) is 1. The van der Waals surface area contributed by atoms with Crippen molar-refractivity contribution in [2.45, 2.75) is 20.4 Å². The second kappa shape index (κ2) is 5.35. The first-order valence-electron chi connectivity index (χ1n) is 5.71. The first-order valence-corrected chi connectivity index (χ1v) is 6.51. The van der Waals surface area contributed by atoms with Gasteiger partial charge in [-0.1, -0.05) is 12.1 Å². The predicted octanol–water partition coefficient (Wildman–Crippen LogP) is 3.23. The Balaban J connectivity index is 2.19. The molecule has 94 valence electrons. The third-order valence-electron chi connectivity index (χ3n) is 2.64. The Morgan fingerprint density at radius 3 is 2.89 bits per heavy atom. The Bertz CT molecular complexity index is 577. The Kier molecular flexibility index (Phi) is 3.81. The second-order valence-electron chi connectivity index (χ2n) is 3.95. The number of nitrogens with zero attached hydrogens (tertiary/aromatic N) is 2. The lowest BCUT2D eigenvalue weighted by Gasteiger charge is -2.06. The van der Waals surface area contributed by atoms with Crippen LogP contribution in [0.1, 0.15) is 22.8 Å². The van der Waals surface area contributed by atoms with Crippen LogP contribution >= 0.6 is 15.9 Å². The van der Waals surface area contributed by atoms with Gasteiger partial charge in [0.2, 0.25) is 0 Å². The van der Waals surface area contributed by atoms with Crippen molar-refractivity contribution in [2.24, 2.45) is 0 Å². The molecule has 0 unspecified atom stereocenters. The van der Waals surface area contributed by atoms with Gasteiger partial charge in [-0.3, -0.25) is 9.48 Å². The number of hydrogen-bond donors (Lipinski definition) is 1. The molecular weight excluding hydrogens is 294 g/mol. The van der Waals surface area contributed by atoms with Crippen LogP contribution in [0, 0.1) is 6.92 Å². The molecule has 4 nitrogen and oxygen atoms in total. The van der Waals surface area contributed by atoms with Crippen molar-refractivity contribution < 1.29 is 4.79 Å². The maximum atomic E-state index is 12.1. The highest BCUT2D eigenvalue weighted by Crippen LogP contribution is 2.21. The van der Waals surface area contributed by atoms with Crippen molar-refractivity contribution in [3.8, 4) is 0 Å². The molecule has 18 heavy (non-hydrogen) atoms. The minimum absolute atomic E-state index is 0.160. The molecule has 0 radical (unpaired) electrons. The third-order valence-corrected chi connectivity index (χ3v) is 3.70. The van der Waals surface area contributed by atoms with Gasteiger partial charge in [-0.25, -0.2) is 0 Å². The van der Waals surface area contributed by atoms with Gasteiger partial charge >= 0.3 is 0 Å². The normalized spacial score (nSPS) is 10.4. The highest BCUT2D eigenvalue weighted by molar-refractivity contribution is 9.10. The molecule has 0 saturated heterocycles. The fourth-order valence-electron chi connectivity index (χ4n) is 1.61. The molecule has 0 aliphatic rings. The predicted molar refractivity (Wildman–Crippen MR) is 74.7 cm³/mol. The number of benzene rings is 1. The molecule has 0 atom stereocenters. The fraction of sp³-hybridized carbons (Fsp3) is 0.231. The lowest BCUT2D eigenvalue weighted by Crippen LogP contribution is -2.13. The molecule has 0 aliphatic carbocycles. The number of anilines is 1. The maximum Gasteiger partial charge on any atom is 0.258 e. The number of carbonyl (C=O) groups excluding carboxylic acids is 1. The van der Waals surface area contributed by atoms with Gasteiger partial charge in [-0.15, -0.1) is 0 Å². The van der Waals surface area contributed by atoms with Crippen molar-refractivity contribution in [2.75, 3.05) is 5.32 Å². The lowest BCUT2D eigenvalue weighted by atomic mass is 10.1. The van der Waals surface area contributed by atoms with Gasteiger partial charge in [0.15, 0.2) is 5.82 Å². The summed E-state index contributed by atoms with van der Waals surface area (Å²) in [4.78, 5) is 12.1. The van der Waals surface area contributed by atoms with E-state index in [1.54, 1.807) is 16.8 Å². The molecule has 1 amide bonds. The first-order chi connectivity index (χ1) is 8.61. The number of carbonyl (C=O) groups is 1. The van der Waals surface area contributed by atoms with Crippen LogP contribution in [-0.2, 0) is 6.54 Å². The molecule has 1 aromatic carbocycles. The van der Waals surface area contributed by atoms with Gasteiger partial charge in [0.1, 0.15) is 0 Å². The summed E-state index contributed by atoms with van der Waals surface area (Å²) >= 11 is 3.43. The van der Waals surface area contributed by atoms with Gasteiger partial charge in [-0.2, -0.15) is 5.10 Å². The average molecular weight is 308 g/mol. The van der Waals surface area contributed by atoms with Crippen LogP contribution in [0.15, 0.2) is 34.9 Å². The van der Waals surface area contributed by atoms with Crippen LogP contribution in [0.5, 0.6) is 0 Å². The number of aryl methyl sites for hydroxylation is 2. The summed E-state index contributed by atoms with van der Waals surface area (Å²) in [5.41, 5.74) is 1.64. The quantitative estimate of drug-likeness (QED) is 0.946. The topological polar surface area (TPSA) is 46.9 Å². The Morgan fingerprint density at radius 1 is 1.44 bits per heavy atom. The van der Waals surface area contributed by atoms with Crippen molar-refractivity contribution in [3.05, 3.63) is 46.1 Å². The van der Waals surface area contributed by atoms with E-state index in [1.165, 1.54) is 0 Å².